The molecule has 2 N–H and O–H groups in total. The van der Waals surface area contributed by atoms with Crippen LogP contribution in [0.2, 0.25) is 0 Å². The van der Waals surface area contributed by atoms with Gasteiger partial charge >= 0.3 is 0 Å². The van der Waals surface area contributed by atoms with Gasteiger partial charge in [0, 0.05) is 16.9 Å². The Bertz CT molecular complexity index is 1310. The van der Waals surface area contributed by atoms with Crippen LogP contribution in [-0.4, -0.2) is 17.7 Å². The summed E-state index contributed by atoms with van der Waals surface area (Å²) in [5.74, 6) is -1.36. The first-order chi connectivity index (χ1) is 16.3. The molecule has 0 spiro atoms. The van der Waals surface area contributed by atoms with Crippen molar-refractivity contribution >= 4 is 46.4 Å². The van der Waals surface area contributed by atoms with Crippen LogP contribution in [0.4, 0.5) is 17.1 Å². The number of rotatable bonds is 6. The van der Waals surface area contributed by atoms with E-state index in [1.165, 1.54) is 0 Å². The van der Waals surface area contributed by atoms with Crippen molar-refractivity contribution in [1.82, 2.24) is 0 Å². The summed E-state index contributed by atoms with van der Waals surface area (Å²) in [6.45, 7) is 5.96. The van der Waals surface area contributed by atoms with Gasteiger partial charge in [-0.25, -0.2) is 4.90 Å². The van der Waals surface area contributed by atoms with E-state index in [1.807, 2.05) is 51.1 Å². The number of imide groups is 1. The van der Waals surface area contributed by atoms with Gasteiger partial charge in [0.05, 0.1) is 5.69 Å². The third-order valence-corrected chi connectivity index (χ3v) is 6.03. The van der Waals surface area contributed by atoms with E-state index in [0.29, 0.717) is 16.9 Å². The first kappa shape index (κ1) is 23.3. The summed E-state index contributed by atoms with van der Waals surface area (Å²) in [6.07, 6.45) is 0.854. The molecule has 172 valence electrons. The van der Waals surface area contributed by atoms with Crippen molar-refractivity contribution in [2.75, 3.05) is 15.5 Å². The Labute approximate surface area is 203 Å². The molecule has 3 aromatic rings. The SMILES string of the molecule is CCc1ccc(N2C(=O)C(Cl)=C(Nc3ccc(C(=O)Nc4ccc(C)cc4C)cc3)C2=O)cc1. The number of carbonyl (C=O) groups is 3. The van der Waals surface area contributed by atoms with E-state index in [1.54, 1.807) is 36.4 Å². The van der Waals surface area contributed by atoms with Gasteiger partial charge in [0.25, 0.3) is 17.7 Å². The van der Waals surface area contributed by atoms with Gasteiger partial charge in [-0.3, -0.25) is 14.4 Å². The van der Waals surface area contributed by atoms with Gasteiger partial charge in [0.15, 0.2) is 0 Å². The highest BCUT2D eigenvalue weighted by atomic mass is 35.5. The summed E-state index contributed by atoms with van der Waals surface area (Å²) < 4.78 is 0. The molecule has 6 nitrogen and oxygen atoms in total. The quantitative estimate of drug-likeness (QED) is 0.460. The van der Waals surface area contributed by atoms with E-state index >= 15 is 0 Å². The standard InChI is InChI=1S/C27H24ClN3O3/c1-4-18-6-12-21(13-7-18)31-26(33)23(28)24(27(31)34)29-20-10-8-19(9-11-20)25(32)30-22-14-5-16(2)15-17(22)3/h5-15,29H,4H2,1-3H3,(H,30,32). The number of hydrogen-bond acceptors (Lipinski definition) is 4. The molecular weight excluding hydrogens is 450 g/mol. The molecular formula is C27H24ClN3O3. The zero-order valence-corrected chi connectivity index (χ0v) is 19.9. The molecule has 1 aliphatic heterocycles. The normalized spacial score (nSPS) is 13.5. The monoisotopic (exact) mass is 473 g/mol. The summed E-state index contributed by atoms with van der Waals surface area (Å²) in [5.41, 5.74) is 5.39. The second kappa shape index (κ2) is 9.53. The lowest BCUT2D eigenvalue weighted by molar-refractivity contribution is -0.120. The zero-order valence-electron chi connectivity index (χ0n) is 19.1. The lowest BCUT2D eigenvalue weighted by atomic mass is 10.1. The second-order valence-electron chi connectivity index (χ2n) is 8.13. The summed E-state index contributed by atoms with van der Waals surface area (Å²) in [6, 6.07) is 19.6. The molecule has 0 atom stereocenters. The minimum absolute atomic E-state index is 0.00119. The molecule has 7 heteroatoms. The average molecular weight is 474 g/mol. The maximum atomic E-state index is 13.0. The minimum atomic E-state index is -0.581. The summed E-state index contributed by atoms with van der Waals surface area (Å²) in [5, 5.41) is 5.65. The lowest BCUT2D eigenvalue weighted by Gasteiger charge is -2.15. The Morgan fingerprint density at radius 2 is 1.59 bits per heavy atom. The molecule has 3 aromatic carbocycles. The Morgan fingerprint density at radius 3 is 2.21 bits per heavy atom. The van der Waals surface area contributed by atoms with Crippen LogP contribution < -0.4 is 15.5 Å². The topological polar surface area (TPSA) is 78.5 Å². The molecule has 0 aromatic heterocycles. The number of halogens is 1. The summed E-state index contributed by atoms with van der Waals surface area (Å²) >= 11 is 6.22. The predicted octanol–water partition coefficient (Wildman–Crippen LogP) is 5.55. The maximum Gasteiger partial charge on any atom is 0.283 e. The fourth-order valence-electron chi connectivity index (χ4n) is 3.72. The third kappa shape index (κ3) is 4.58. The van der Waals surface area contributed by atoms with Gasteiger partial charge < -0.3 is 10.6 Å². The van der Waals surface area contributed by atoms with Crippen molar-refractivity contribution in [2.24, 2.45) is 0 Å². The van der Waals surface area contributed by atoms with Gasteiger partial charge in [0.2, 0.25) is 0 Å². The molecule has 1 heterocycles. The van der Waals surface area contributed by atoms with Crippen LogP contribution in [0.5, 0.6) is 0 Å². The van der Waals surface area contributed by atoms with E-state index < -0.39 is 11.8 Å². The highest BCUT2D eigenvalue weighted by molar-refractivity contribution is 6.53. The van der Waals surface area contributed by atoms with Crippen LogP contribution in [0.25, 0.3) is 0 Å². The number of benzene rings is 3. The predicted molar refractivity (Wildman–Crippen MR) is 135 cm³/mol. The van der Waals surface area contributed by atoms with E-state index in [0.717, 1.165) is 33.7 Å². The highest BCUT2D eigenvalue weighted by Crippen LogP contribution is 2.30. The average Bonchev–Trinajstić information content (AvgIpc) is 3.04. The van der Waals surface area contributed by atoms with Crippen molar-refractivity contribution in [3.8, 4) is 0 Å². The number of aryl methyl sites for hydroxylation is 3. The molecule has 0 fully saturated rings. The van der Waals surface area contributed by atoms with E-state index in [4.69, 9.17) is 11.6 Å². The maximum absolute atomic E-state index is 13.0. The van der Waals surface area contributed by atoms with Crippen molar-refractivity contribution in [3.63, 3.8) is 0 Å². The van der Waals surface area contributed by atoms with Gasteiger partial charge in [0.1, 0.15) is 10.7 Å². The molecule has 0 radical (unpaired) electrons. The summed E-state index contributed by atoms with van der Waals surface area (Å²) in [7, 11) is 0. The van der Waals surface area contributed by atoms with E-state index in [-0.39, 0.29) is 16.6 Å². The van der Waals surface area contributed by atoms with Gasteiger partial charge in [-0.1, -0.05) is 48.4 Å². The Morgan fingerprint density at radius 1 is 0.912 bits per heavy atom. The van der Waals surface area contributed by atoms with Crippen LogP contribution in [0, 0.1) is 13.8 Å². The lowest BCUT2D eigenvalue weighted by Crippen LogP contribution is -2.32. The largest absolute Gasteiger partial charge is 0.350 e. The van der Waals surface area contributed by atoms with Crippen molar-refractivity contribution in [3.05, 3.63) is 99.7 Å². The molecule has 0 saturated heterocycles. The smallest absolute Gasteiger partial charge is 0.283 e. The number of hydrogen-bond donors (Lipinski definition) is 2. The number of anilines is 3. The van der Waals surface area contributed by atoms with Crippen molar-refractivity contribution in [1.29, 1.82) is 0 Å². The molecule has 0 saturated carbocycles. The Balaban J connectivity index is 1.47. The number of nitrogens with one attached hydrogen (secondary N) is 2. The van der Waals surface area contributed by atoms with Gasteiger partial charge in [-0.15, -0.1) is 0 Å². The zero-order chi connectivity index (χ0) is 24.4. The molecule has 0 aliphatic carbocycles. The fourth-order valence-corrected chi connectivity index (χ4v) is 3.94. The number of carbonyl (C=O) groups excluding carboxylic acids is 3. The second-order valence-corrected chi connectivity index (χ2v) is 8.51. The minimum Gasteiger partial charge on any atom is -0.350 e. The fraction of sp³-hybridized carbons (Fsp3) is 0.148. The van der Waals surface area contributed by atoms with Crippen LogP contribution in [-0.2, 0) is 16.0 Å². The third-order valence-electron chi connectivity index (χ3n) is 5.68. The van der Waals surface area contributed by atoms with E-state index in [9.17, 15) is 14.4 Å². The van der Waals surface area contributed by atoms with E-state index in [2.05, 4.69) is 10.6 Å². The molecule has 0 bridgehead atoms. The number of nitrogens with zero attached hydrogens (tertiary/aromatic N) is 1. The van der Waals surface area contributed by atoms with Crippen LogP contribution in [0.1, 0.15) is 34.0 Å². The first-order valence-corrected chi connectivity index (χ1v) is 11.3. The summed E-state index contributed by atoms with van der Waals surface area (Å²) in [4.78, 5) is 39.3. The van der Waals surface area contributed by atoms with Crippen LogP contribution in [0.15, 0.2) is 77.5 Å². The van der Waals surface area contributed by atoms with Crippen LogP contribution >= 0.6 is 11.6 Å². The Kier molecular flexibility index (Phi) is 6.52. The number of amides is 3. The van der Waals surface area contributed by atoms with Crippen molar-refractivity contribution in [2.45, 2.75) is 27.2 Å². The van der Waals surface area contributed by atoms with Crippen LogP contribution in [0.3, 0.4) is 0 Å². The molecule has 1 aliphatic rings. The molecule has 34 heavy (non-hydrogen) atoms. The molecule has 0 unspecified atom stereocenters. The highest BCUT2D eigenvalue weighted by Gasteiger charge is 2.38. The van der Waals surface area contributed by atoms with Crippen molar-refractivity contribution < 1.29 is 14.4 Å². The molecule has 4 rings (SSSR count). The van der Waals surface area contributed by atoms with Gasteiger partial charge in [-0.05, 0) is 73.9 Å². The van der Waals surface area contributed by atoms with Gasteiger partial charge in [-0.2, -0.15) is 0 Å². The first-order valence-electron chi connectivity index (χ1n) is 10.9. The Hall–Kier alpha value is -3.90. The molecule has 3 amide bonds.